The highest BCUT2D eigenvalue weighted by atomic mass is 16.5. The highest BCUT2D eigenvalue weighted by Crippen LogP contribution is 2.29. The molecule has 2 aromatic carbocycles. The summed E-state index contributed by atoms with van der Waals surface area (Å²) in [5.74, 6) is -0.00784. The van der Waals surface area contributed by atoms with E-state index in [-0.39, 0.29) is 28.4 Å². The van der Waals surface area contributed by atoms with Crippen molar-refractivity contribution in [1.82, 2.24) is 9.88 Å². The number of likely N-dealkylation sites (N-methyl/N-ethyl adjacent to an activating group) is 2. The lowest BCUT2D eigenvalue weighted by Crippen LogP contribution is -2.42. The highest BCUT2D eigenvalue weighted by Gasteiger charge is 2.32. The number of nitrogens with one attached hydrogen (secondary N) is 1. The second kappa shape index (κ2) is 9.95. The summed E-state index contributed by atoms with van der Waals surface area (Å²) in [4.78, 5) is 43.8. The van der Waals surface area contributed by atoms with E-state index < -0.39 is 6.04 Å². The van der Waals surface area contributed by atoms with Crippen LogP contribution in [0, 0.1) is 0 Å². The molecule has 0 saturated heterocycles. The molecular weight excluding hydrogens is 430 g/mol. The van der Waals surface area contributed by atoms with Gasteiger partial charge in [0.2, 0.25) is 5.56 Å². The average Bonchev–Trinajstić information content (AvgIpc) is 2.83. The molecule has 2 amide bonds. The number of carbonyl (C=O) groups excluding carboxylic acids is 2. The van der Waals surface area contributed by atoms with Gasteiger partial charge in [-0.2, -0.15) is 0 Å². The monoisotopic (exact) mass is 461 g/mol. The predicted molar refractivity (Wildman–Crippen MR) is 133 cm³/mol. The molecule has 1 heterocycles. The second-order valence-corrected chi connectivity index (χ2v) is 9.23. The number of carbonyl (C=O) groups is 2. The first-order chi connectivity index (χ1) is 16.0. The molecule has 7 heteroatoms. The number of hydrogen-bond acceptors (Lipinski definition) is 4. The Morgan fingerprint density at radius 2 is 1.53 bits per heavy atom. The van der Waals surface area contributed by atoms with Gasteiger partial charge in [0, 0.05) is 32.0 Å². The summed E-state index contributed by atoms with van der Waals surface area (Å²) in [6.45, 7) is 6.40. The van der Waals surface area contributed by atoms with E-state index in [0.717, 1.165) is 11.3 Å². The Bertz CT molecular complexity index is 1190. The largest absolute Gasteiger partial charge is 0.497 e. The predicted octanol–water partition coefficient (Wildman–Crippen LogP) is 4.16. The first-order valence-electron chi connectivity index (χ1n) is 11.0. The Morgan fingerprint density at radius 3 is 2.03 bits per heavy atom. The number of methoxy groups -OCH3 is 1. The SMILES string of the molecule is COc1ccc(C(C(=O)N(C)c2ccc(C(C)(C)C)cc2)N(C)C(=O)c2ccc(=O)[nH]c2)cc1. The number of rotatable bonds is 6. The van der Waals surface area contributed by atoms with E-state index in [9.17, 15) is 14.4 Å². The van der Waals surface area contributed by atoms with E-state index in [1.165, 1.54) is 23.2 Å². The van der Waals surface area contributed by atoms with Crippen LogP contribution < -0.4 is 15.2 Å². The van der Waals surface area contributed by atoms with E-state index in [1.54, 1.807) is 50.4 Å². The summed E-state index contributed by atoms with van der Waals surface area (Å²) >= 11 is 0. The van der Waals surface area contributed by atoms with Crippen molar-refractivity contribution in [3.05, 3.63) is 93.9 Å². The molecule has 3 aromatic rings. The molecule has 7 nitrogen and oxygen atoms in total. The smallest absolute Gasteiger partial charge is 0.256 e. The van der Waals surface area contributed by atoms with E-state index in [4.69, 9.17) is 4.74 Å². The van der Waals surface area contributed by atoms with Crippen molar-refractivity contribution >= 4 is 17.5 Å². The van der Waals surface area contributed by atoms with Crippen molar-refractivity contribution in [1.29, 1.82) is 0 Å². The van der Waals surface area contributed by atoms with Crippen molar-refractivity contribution < 1.29 is 14.3 Å². The van der Waals surface area contributed by atoms with Gasteiger partial charge >= 0.3 is 0 Å². The van der Waals surface area contributed by atoms with Gasteiger partial charge in [-0.25, -0.2) is 0 Å². The molecule has 3 rings (SSSR count). The first kappa shape index (κ1) is 24.8. The zero-order valence-corrected chi connectivity index (χ0v) is 20.5. The number of aromatic nitrogens is 1. The fourth-order valence-electron chi connectivity index (χ4n) is 3.68. The Labute approximate surface area is 200 Å². The van der Waals surface area contributed by atoms with Gasteiger partial charge in [0.05, 0.1) is 12.7 Å². The molecule has 1 atom stereocenters. The quantitative estimate of drug-likeness (QED) is 0.598. The Kier molecular flexibility index (Phi) is 7.25. The third kappa shape index (κ3) is 5.36. The molecule has 0 aliphatic heterocycles. The van der Waals surface area contributed by atoms with E-state index in [2.05, 4.69) is 25.8 Å². The number of amides is 2. The standard InChI is InChI=1S/C27H31N3O4/c1-27(2,3)20-10-12-21(13-11-20)29(4)26(33)24(18-7-14-22(34-6)15-8-18)30(5)25(32)19-9-16-23(31)28-17-19/h7-17,24H,1-6H3,(H,28,31). The molecule has 1 aromatic heterocycles. The maximum absolute atomic E-state index is 13.8. The molecule has 0 saturated carbocycles. The van der Waals surface area contributed by atoms with Gasteiger partial charge in [0.1, 0.15) is 11.8 Å². The summed E-state index contributed by atoms with van der Waals surface area (Å²) in [5, 5.41) is 0. The molecule has 34 heavy (non-hydrogen) atoms. The Balaban J connectivity index is 1.98. The van der Waals surface area contributed by atoms with E-state index in [1.807, 2.05) is 24.3 Å². The van der Waals surface area contributed by atoms with Crippen LogP contribution in [0.5, 0.6) is 5.75 Å². The third-order valence-electron chi connectivity index (χ3n) is 5.86. The topological polar surface area (TPSA) is 82.7 Å². The lowest BCUT2D eigenvalue weighted by Gasteiger charge is -2.31. The molecule has 0 bridgehead atoms. The molecule has 178 valence electrons. The molecule has 1 unspecified atom stereocenters. The minimum Gasteiger partial charge on any atom is -0.497 e. The maximum Gasteiger partial charge on any atom is 0.256 e. The van der Waals surface area contributed by atoms with Crippen LogP contribution >= 0.6 is 0 Å². The first-order valence-corrected chi connectivity index (χ1v) is 11.0. The maximum atomic E-state index is 13.8. The van der Waals surface area contributed by atoms with Gasteiger partial charge in [-0.15, -0.1) is 0 Å². The highest BCUT2D eigenvalue weighted by molar-refractivity contribution is 6.02. The van der Waals surface area contributed by atoms with Crippen LogP contribution in [0.25, 0.3) is 0 Å². The van der Waals surface area contributed by atoms with Crippen LogP contribution in [-0.4, -0.2) is 42.9 Å². The zero-order chi connectivity index (χ0) is 25.0. The minimum atomic E-state index is -0.891. The molecule has 0 fully saturated rings. The normalized spacial score (nSPS) is 12.1. The van der Waals surface area contributed by atoms with E-state index >= 15 is 0 Å². The van der Waals surface area contributed by atoms with Crippen molar-refractivity contribution in [3.63, 3.8) is 0 Å². The zero-order valence-electron chi connectivity index (χ0n) is 20.5. The van der Waals surface area contributed by atoms with Gasteiger partial charge in [-0.1, -0.05) is 45.0 Å². The Morgan fingerprint density at radius 1 is 0.912 bits per heavy atom. The fraction of sp³-hybridized carbons (Fsp3) is 0.296. The van der Waals surface area contributed by atoms with Crippen LogP contribution in [0.15, 0.2) is 71.7 Å². The summed E-state index contributed by atoms with van der Waals surface area (Å²) in [6, 6.07) is 16.7. The van der Waals surface area contributed by atoms with E-state index in [0.29, 0.717) is 11.3 Å². The van der Waals surface area contributed by atoms with Gasteiger partial charge in [-0.05, 0) is 46.9 Å². The third-order valence-corrected chi connectivity index (χ3v) is 5.86. The molecular formula is C27H31N3O4. The number of anilines is 1. The molecule has 0 aliphatic rings. The summed E-state index contributed by atoms with van der Waals surface area (Å²) in [6.07, 6.45) is 1.35. The molecule has 0 spiro atoms. The van der Waals surface area contributed by atoms with Gasteiger partial charge in [0.25, 0.3) is 11.8 Å². The van der Waals surface area contributed by atoms with Gasteiger partial charge < -0.3 is 19.5 Å². The van der Waals surface area contributed by atoms with Crippen molar-refractivity contribution in [3.8, 4) is 5.75 Å². The second-order valence-electron chi connectivity index (χ2n) is 9.23. The van der Waals surface area contributed by atoms with Crippen molar-refractivity contribution in [2.24, 2.45) is 0 Å². The molecule has 0 aliphatic carbocycles. The number of nitrogens with zero attached hydrogens (tertiary/aromatic N) is 2. The Hall–Kier alpha value is -3.87. The van der Waals surface area contributed by atoms with Crippen molar-refractivity contribution in [2.45, 2.75) is 32.2 Å². The van der Waals surface area contributed by atoms with Gasteiger partial charge in [-0.3, -0.25) is 14.4 Å². The number of H-pyrrole nitrogens is 1. The fourth-order valence-corrected chi connectivity index (χ4v) is 3.68. The lowest BCUT2D eigenvalue weighted by molar-refractivity contribution is -0.122. The molecule has 1 N–H and O–H groups in total. The van der Waals surface area contributed by atoms with Crippen LogP contribution in [-0.2, 0) is 10.2 Å². The number of pyridine rings is 1. The summed E-state index contributed by atoms with van der Waals surface area (Å²) < 4.78 is 5.24. The van der Waals surface area contributed by atoms with Crippen LogP contribution in [0.4, 0.5) is 5.69 Å². The van der Waals surface area contributed by atoms with Crippen molar-refractivity contribution in [2.75, 3.05) is 26.1 Å². The number of hydrogen-bond donors (Lipinski definition) is 1. The summed E-state index contributed by atoms with van der Waals surface area (Å²) in [7, 11) is 4.85. The molecule has 0 radical (unpaired) electrons. The lowest BCUT2D eigenvalue weighted by atomic mass is 9.87. The van der Waals surface area contributed by atoms with Crippen LogP contribution in [0.3, 0.4) is 0 Å². The van der Waals surface area contributed by atoms with Crippen LogP contribution in [0.2, 0.25) is 0 Å². The van der Waals surface area contributed by atoms with Crippen LogP contribution in [0.1, 0.15) is 48.3 Å². The number of aromatic amines is 1. The average molecular weight is 462 g/mol. The number of benzene rings is 2. The minimum absolute atomic E-state index is 0.00394. The number of ether oxygens (including phenoxy) is 1. The van der Waals surface area contributed by atoms with Gasteiger partial charge in [0.15, 0.2) is 0 Å². The summed E-state index contributed by atoms with van der Waals surface area (Å²) in [5.41, 5.74) is 2.50.